The van der Waals surface area contributed by atoms with Crippen molar-refractivity contribution in [2.45, 2.75) is 6.10 Å². The molecule has 3 nitrogen and oxygen atoms in total. The van der Waals surface area contributed by atoms with E-state index in [9.17, 15) is 5.11 Å². The molecule has 0 saturated carbocycles. The van der Waals surface area contributed by atoms with Gasteiger partial charge in [0.25, 0.3) is 0 Å². The lowest BCUT2D eigenvalue weighted by Crippen LogP contribution is -2.32. The first-order chi connectivity index (χ1) is 7.15. The van der Waals surface area contributed by atoms with Crippen molar-refractivity contribution in [2.24, 2.45) is 11.7 Å². The zero-order valence-corrected chi connectivity index (χ0v) is 9.43. The highest BCUT2D eigenvalue weighted by Crippen LogP contribution is 2.21. The van der Waals surface area contributed by atoms with E-state index in [0.717, 1.165) is 12.1 Å². The van der Waals surface area contributed by atoms with Crippen molar-refractivity contribution < 1.29 is 5.11 Å². The normalized spacial score (nSPS) is 15.3. The first kappa shape index (κ1) is 12.2. The summed E-state index contributed by atoms with van der Waals surface area (Å²) in [5.41, 5.74) is 6.61. The van der Waals surface area contributed by atoms with Crippen LogP contribution < -0.4 is 5.73 Å². The lowest BCUT2D eigenvalue weighted by Gasteiger charge is -2.24. The van der Waals surface area contributed by atoms with Crippen LogP contribution in [-0.2, 0) is 0 Å². The van der Waals surface area contributed by atoms with Gasteiger partial charge in [-0.05, 0) is 26.2 Å². The third-order valence-corrected chi connectivity index (χ3v) is 2.49. The number of benzene rings is 1. The number of hydrogen-bond donors (Lipinski definition) is 2. The molecule has 0 aliphatic heterocycles. The Morgan fingerprint density at radius 1 is 1.27 bits per heavy atom. The van der Waals surface area contributed by atoms with Gasteiger partial charge in [-0.25, -0.2) is 0 Å². The van der Waals surface area contributed by atoms with Crippen LogP contribution >= 0.6 is 0 Å². The molecule has 1 aromatic carbocycles. The van der Waals surface area contributed by atoms with E-state index in [1.54, 1.807) is 0 Å². The molecule has 3 heteroatoms. The van der Waals surface area contributed by atoms with E-state index in [-0.39, 0.29) is 5.92 Å². The van der Waals surface area contributed by atoms with Crippen molar-refractivity contribution in [3.8, 4) is 0 Å². The summed E-state index contributed by atoms with van der Waals surface area (Å²) in [7, 11) is 3.97. The summed E-state index contributed by atoms with van der Waals surface area (Å²) in [6, 6.07) is 9.68. The zero-order chi connectivity index (χ0) is 11.3. The van der Waals surface area contributed by atoms with Gasteiger partial charge in [-0.15, -0.1) is 0 Å². The molecule has 15 heavy (non-hydrogen) atoms. The van der Waals surface area contributed by atoms with E-state index < -0.39 is 6.10 Å². The maximum atomic E-state index is 10.1. The molecule has 0 spiro atoms. The predicted octanol–water partition coefficient (Wildman–Crippen LogP) is 0.857. The van der Waals surface area contributed by atoms with Gasteiger partial charge in [-0.3, -0.25) is 0 Å². The third-order valence-electron chi connectivity index (χ3n) is 2.49. The minimum Gasteiger partial charge on any atom is -0.388 e. The molecule has 0 radical (unpaired) electrons. The van der Waals surface area contributed by atoms with E-state index in [0.29, 0.717) is 6.54 Å². The summed E-state index contributed by atoms with van der Waals surface area (Å²) >= 11 is 0. The molecule has 84 valence electrons. The van der Waals surface area contributed by atoms with Crippen molar-refractivity contribution in [1.82, 2.24) is 4.90 Å². The summed E-state index contributed by atoms with van der Waals surface area (Å²) in [6.07, 6.45) is -0.474. The summed E-state index contributed by atoms with van der Waals surface area (Å²) in [4.78, 5) is 2.05. The first-order valence-corrected chi connectivity index (χ1v) is 5.23. The molecule has 0 heterocycles. The van der Waals surface area contributed by atoms with E-state index in [4.69, 9.17) is 5.73 Å². The Hall–Kier alpha value is -0.900. The van der Waals surface area contributed by atoms with Gasteiger partial charge in [0.05, 0.1) is 6.10 Å². The average molecular weight is 208 g/mol. The fourth-order valence-electron chi connectivity index (χ4n) is 1.69. The second-order valence-electron chi connectivity index (χ2n) is 4.11. The average Bonchev–Trinajstić information content (AvgIpc) is 2.26. The van der Waals surface area contributed by atoms with Crippen LogP contribution in [0.3, 0.4) is 0 Å². The van der Waals surface area contributed by atoms with Crippen LogP contribution in [-0.4, -0.2) is 37.2 Å². The molecule has 2 atom stereocenters. The van der Waals surface area contributed by atoms with E-state index in [2.05, 4.69) is 0 Å². The topological polar surface area (TPSA) is 49.5 Å². The van der Waals surface area contributed by atoms with Crippen LogP contribution in [0.15, 0.2) is 30.3 Å². The Morgan fingerprint density at radius 2 is 1.87 bits per heavy atom. The second-order valence-corrected chi connectivity index (χ2v) is 4.11. The van der Waals surface area contributed by atoms with Crippen molar-refractivity contribution in [2.75, 3.05) is 27.2 Å². The van der Waals surface area contributed by atoms with E-state index >= 15 is 0 Å². The lowest BCUT2D eigenvalue weighted by molar-refractivity contribution is 0.0947. The van der Waals surface area contributed by atoms with Crippen LogP contribution in [0.5, 0.6) is 0 Å². The number of nitrogens with zero attached hydrogens (tertiary/aromatic N) is 1. The quantitative estimate of drug-likeness (QED) is 0.754. The molecule has 0 aliphatic rings. The number of rotatable bonds is 5. The molecule has 0 saturated heterocycles. The number of aliphatic hydroxyl groups excluding tert-OH is 1. The Kier molecular flexibility index (Phi) is 4.75. The molecular formula is C12H20N2O. The van der Waals surface area contributed by atoms with Gasteiger partial charge in [-0.1, -0.05) is 30.3 Å². The molecule has 0 aliphatic carbocycles. The minimum absolute atomic E-state index is 0.0856. The predicted molar refractivity (Wildman–Crippen MR) is 62.5 cm³/mol. The van der Waals surface area contributed by atoms with Crippen LogP contribution in [0.2, 0.25) is 0 Å². The van der Waals surface area contributed by atoms with Crippen molar-refractivity contribution in [3.05, 3.63) is 35.9 Å². The number of hydrogen-bond acceptors (Lipinski definition) is 3. The van der Waals surface area contributed by atoms with Crippen LogP contribution in [0.1, 0.15) is 11.7 Å². The maximum Gasteiger partial charge on any atom is 0.0842 e. The van der Waals surface area contributed by atoms with Gasteiger partial charge in [0.1, 0.15) is 0 Å². The molecular weight excluding hydrogens is 188 g/mol. The monoisotopic (exact) mass is 208 g/mol. The van der Waals surface area contributed by atoms with Gasteiger partial charge >= 0.3 is 0 Å². The number of aliphatic hydroxyl groups is 1. The standard InChI is InChI=1S/C12H20N2O/c1-14(2)9-11(8-13)12(15)10-6-4-3-5-7-10/h3-7,11-12,15H,8-9,13H2,1-2H3/t11-,12-/m0/s1. The maximum absolute atomic E-state index is 10.1. The van der Waals surface area contributed by atoms with Crippen molar-refractivity contribution >= 4 is 0 Å². The third kappa shape index (κ3) is 3.63. The van der Waals surface area contributed by atoms with Crippen LogP contribution in [0.4, 0.5) is 0 Å². The molecule has 0 aromatic heterocycles. The summed E-state index contributed by atoms with van der Waals surface area (Å²) in [6.45, 7) is 1.29. The molecule has 0 bridgehead atoms. The second kappa shape index (κ2) is 5.85. The molecule has 0 amide bonds. The van der Waals surface area contributed by atoms with Crippen molar-refractivity contribution in [1.29, 1.82) is 0 Å². The minimum atomic E-state index is -0.474. The summed E-state index contributed by atoms with van der Waals surface area (Å²) < 4.78 is 0. The zero-order valence-electron chi connectivity index (χ0n) is 9.43. The smallest absolute Gasteiger partial charge is 0.0842 e. The van der Waals surface area contributed by atoms with E-state index in [1.807, 2.05) is 49.3 Å². The highest BCUT2D eigenvalue weighted by atomic mass is 16.3. The van der Waals surface area contributed by atoms with Gasteiger partial charge in [0.15, 0.2) is 0 Å². The van der Waals surface area contributed by atoms with Gasteiger partial charge in [0.2, 0.25) is 0 Å². The molecule has 1 aromatic rings. The Labute approximate surface area is 91.5 Å². The SMILES string of the molecule is CN(C)C[C@H](CN)[C@@H](O)c1ccccc1. The highest BCUT2D eigenvalue weighted by molar-refractivity contribution is 5.18. The summed E-state index contributed by atoms with van der Waals surface area (Å²) in [5, 5.41) is 10.1. The lowest BCUT2D eigenvalue weighted by atomic mass is 9.95. The van der Waals surface area contributed by atoms with E-state index in [1.165, 1.54) is 0 Å². The Bertz CT molecular complexity index is 274. The summed E-state index contributed by atoms with van der Waals surface area (Å²) in [5.74, 6) is 0.0856. The fourth-order valence-corrected chi connectivity index (χ4v) is 1.69. The largest absolute Gasteiger partial charge is 0.388 e. The first-order valence-electron chi connectivity index (χ1n) is 5.23. The van der Waals surface area contributed by atoms with Crippen molar-refractivity contribution in [3.63, 3.8) is 0 Å². The fraction of sp³-hybridized carbons (Fsp3) is 0.500. The van der Waals surface area contributed by atoms with Crippen LogP contribution in [0.25, 0.3) is 0 Å². The molecule has 3 N–H and O–H groups in total. The Morgan fingerprint density at radius 3 is 2.33 bits per heavy atom. The molecule has 0 fully saturated rings. The van der Waals surface area contributed by atoms with Gasteiger partial charge < -0.3 is 15.7 Å². The van der Waals surface area contributed by atoms with Crippen LogP contribution in [0, 0.1) is 5.92 Å². The number of nitrogens with two attached hydrogens (primary N) is 1. The van der Waals surface area contributed by atoms with Gasteiger partial charge in [0, 0.05) is 12.5 Å². The highest BCUT2D eigenvalue weighted by Gasteiger charge is 2.19. The molecule has 1 rings (SSSR count). The molecule has 0 unspecified atom stereocenters. The Balaban J connectivity index is 2.69. The van der Waals surface area contributed by atoms with Gasteiger partial charge in [-0.2, -0.15) is 0 Å².